The first-order chi connectivity index (χ1) is 7.42. The van der Waals surface area contributed by atoms with Gasteiger partial charge in [0.25, 0.3) is 0 Å². The van der Waals surface area contributed by atoms with Gasteiger partial charge in [-0.1, -0.05) is 11.6 Å². The number of aromatic amines is 1. The van der Waals surface area contributed by atoms with Gasteiger partial charge in [-0.3, -0.25) is 0 Å². The SMILES string of the molecule is CC1(C)NCCc2[nH]c(N)c(/C=C(\N)Cl)c21. The molecule has 1 aliphatic heterocycles. The van der Waals surface area contributed by atoms with E-state index in [-0.39, 0.29) is 10.7 Å². The van der Waals surface area contributed by atoms with Crippen molar-refractivity contribution in [1.82, 2.24) is 10.3 Å². The maximum absolute atomic E-state index is 5.95. The van der Waals surface area contributed by atoms with E-state index in [9.17, 15) is 0 Å². The summed E-state index contributed by atoms with van der Waals surface area (Å²) in [5, 5.41) is 3.70. The lowest BCUT2D eigenvalue weighted by Gasteiger charge is -2.32. The standard InChI is InChI=1S/C11H17ClN4/c1-11(2)9-6(5-8(12)13)10(14)16-7(9)3-4-15-11/h5,15-16H,3-4,13-14H2,1-2H3/b8-5-. The second-order valence-corrected chi connectivity index (χ2v) is 5.07. The summed E-state index contributed by atoms with van der Waals surface area (Å²) in [5.41, 5.74) is 14.6. The summed E-state index contributed by atoms with van der Waals surface area (Å²) in [6.07, 6.45) is 2.65. The monoisotopic (exact) mass is 240 g/mol. The summed E-state index contributed by atoms with van der Waals surface area (Å²) in [7, 11) is 0. The molecule has 0 radical (unpaired) electrons. The second-order valence-electron chi connectivity index (χ2n) is 4.64. The Hall–Kier alpha value is -1.13. The van der Waals surface area contributed by atoms with Crippen LogP contribution in [-0.4, -0.2) is 11.5 Å². The highest BCUT2D eigenvalue weighted by Crippen LogP contribution is 2.35. The number of nitrogen functional groups attached to an aromatic ring is 1. The van der Waals surface area contributed by atoms with E-state index in [4.69, 9.17) is 23.1 Å². The van der Waals surface area contributed by atoms with Gasteiger partial charge in [-0.05, 0) is 19.9 Å². The largest absolute Gasteiger partial charge is 0.389 e. The van der Waals surface area contributed by atoms with Gasteiger partial charge in [-0.2, -0.15) is 0 Å². The molecule has 0 saturated carbocycles. The lowest BCUT2D eigenvalue weighted by atomic mass is 9.86. The van der Waals surface area contributed by atoms with E-state index in [0.717, 1.165) is 18.5 Å². The minimum absolute atomic E-state index is 0.111. The summed E-state index contributed by atoms with van der Waals surface area (Å²) in [6, 6.07) is 0. The molecule has 88 valence electrons. The van der Waals surface area contributed by atoms with Gasteiger partial charge in [0.1, 0.15) is 5.82 Å². The van der Waals surface area contributed by atoms with E-state index in [1.165, 1.54) is 11.3 Å². The molecular weight excluding hydrogens is 224 g/mol. The number of nitrogens with one attached hydrogen (secondary N) is 2. The Morgan fingerprint density at radius 3 is 2.81 bits per heavy atom. The van der Waals surface area contributed by atoms with Gasteiger partial charge < -0.3 is 21.8 Å². The first-order valence-electron chi connectivity index (χ1n) is 5.30. The van der Waals surface area contributed by atoms with Crippen LogP contribution in [-0.2, 0) is 12.0 Å². The molecule has 1 aromatic heterocycles. The number of aromatic nitrogens is 1. The average Bonchev–Trinajstić information content (AvgIpc) is 2.42. The second kappa shape index (κ2) is 3.71. The highest BCUT2D eigenvalue weighted by Gasteiger charge is 2.31. The zero-order valence-electron chi connectivity index (χ0n) is 9.52. The van der Waals surface area contributed by atoms with Crippen LogP contribution in [0.5, 0.6) is 0 Å². The molecule has 2 rings (SSSR count). The Labute approximate surface area is 100 Å². The van der Waals surface area contributed by atoms with Crippen LogP contribution >= 0.6 is 11.6 Å². The van der Waals surface area contributed by atoms with Gasteiger partial charge in [-0.15, -0.1) is 0 Å². The van der Waals surface area contributed by atoms with Gasteiger partial charge in [-0.25, -0.2) is 0 Å². The van der Waals surface area contributed by atoms with Crippen molar-refractivity contribution >= 4 is 23.5 Å². The number of hydrogen-bond acceptors (Lipinski definition) is 3. The number of H-pyrrole nitrogens is 1. The fraction of sp³-hybridized carbons (Fsp3) is 0.455. The molecule has 0 atom stereocenters. The van der Waals surface area contributed by atoms with Crippen LogP contribution in [0.4, 0.5) is 5.82 Å². The zero-order chi connectivity index (χ0) is 11.9. The van der Waals surface area contributed by atoms with Crippen molar-refractivity contribution in [1.29, 1.82) is 0 Å². The Morgan fingerprint density at radius 1 is 1.50 bits per heavy atom. The molecule has 0 unspecified atom stereocenters. The third-order valence-corrected chi connectivity index (χ3v) is 3.11. The van der Waals surface area contributed by atoms with E-state index in [1.54, 1.807) is 6.08 Å². The number of halogens is 1. The van der Waals surface area contributed by atoms with Gasteiger partial charge in [0.2, 0.25) is 0 Å². The molecule has 4 nitrogen and oxygen atoms in total. The van der Waals surface area contributed by atoms with Crippen molar-refractivity contribution in [2.45, 2.75) is 25.8 Å². The molecule has 0 aromatic carbocycles. The minimum Gasteiger partial charge on any atom is -0.389 e. The predicted molar refractivity (Wildman–Crippen MR) is 68.0 cm³/mol. The fourth-order valence-corrected chi connectivity index (χ4v) is 2.48. The highest BCUT2D eigenvalue weighted by molar-refractivity contribution is 6.31. The molecule has 0 amide bonds. The summed E-state index contributed by atoms with van der Waals surface area (Å²) in [4.78, 5) is 3.21. The Morgan fingerprint density at radius 2 is 2.19 bits per heavy atom. The molecule has 1 aliphatic rings. The molecule has 0 saturated heterocycles. The van der Waals surface area contributed by atoms with Crippen molar-refractivity contribution < 1.29 is 0 Å². The van der Waals surface area contributed by atoms with E-state index in [1.807, 2.05) is 0 Å². The summed E-state index contributed by atoms with van der Waals surface area (Å²) < 4.78 is 0. The Bertz CT molecular complexity index is 441. The van der Waals surface area contributed by atoms with Crippen LogP contribution in [0.15, 0.2) is 5.16 Å². The Kier molecular flexibility index (Phi) is 2.64. The topological polar surface area (TPSA) is 79.9 Å². The number of nitrogens with two attached hydrogens (primary N) is 2. The van der Waals surface area contributed by atoms with Crippen LogP contribution in [0.2, 0.25) is 0 Å². The first-order valence-corrected chi connectivity index (χ1v) is 5.68. The van der Waals surface area contributed by atoms with Gasteiger partial charge in [0, 0.05) is 35.3 Å². The quantitative estimate of drug-likeness (QED) is 0.562. The molecule has 0 fully saturated rings. The van der Waals surface area contributed by atoms with Crippen LogP contribution in [0, 0.1) is 0 Å². The van der Waals surface area contributed by atoms with E-state index < -0.39 is 0 Å². The zero-order valence-corrected chi connectivity index (χ0v) is 10.3. The van der Waals surface area contributed by atoms with Crippen LogP contribution < -0.4 is 16.8 Å². The minimum atomic E-state index is -0.111. The number of hydrogen-bond donors (Lipinski definition) is 4. The number of fused-ring (bicyclic) bond motifs is 1. The summed E-state index contributed by atoms with van der Waals surface area (Å²) in [5.74, 6) is 0.630. The van der Waals surface area contributed by atoms with Crippen molar-refractivity contribution in [3.05, 3.63) is 22.0 Å². The van der Waals surface area contributed by atoms with Crippen molar-refractivity contribution in [3.63, 3.8) is 0 Å². The molecule has 1 aromatic rings. The predicted octanol–water partition coefficient (Wildman–Crippen LogP) is 1.47. The van der Waals surface area contributed by atoms with Crippen LogP contribution in [0.25, 0.3) is 6.08 Å². The van der Waals surface area contributed by atoms with Gasteiger partial charge in [0.05, 0.1) is 5.16 Å². The molecule has 6 N–H and O–H groups in total. The van der Waals surface area contributed by atoms with Crippen LogP contribution in [0.3, 0.4) is 0 Å². The van der Waals surface area contributed by atoms with Gasteiger partial charge >= 0.3 is 0 Å². The normalized spacial score (nSPS) is 19.6. The van der Waals surface area contributed by atoms with Gasteiger partial charge in [0.15, 0.2) is 0 Å². The molecule has 0 bridgehead atoms. The van der Waals surface area contributed by atoms with E-state index in [0.29, 0.717) is 5.82 Å². The Balaban J connectivity index is 2.62. The van der Waals surface area contributed by atoms with Crippen LogP contribution in [0.1, 0.15) is 30.7 Å². The molecular formula is C11H17ClN4. The summed E-state index contributed by atoms with van der Waals surface area (Å²) in [6.45, 7) is 5.19. The maximum Gasteiger partial charge on any atom is 0.108 e. The summed E-state index contributed by atoms with van der Waals surface area (Å²) >= 11 is 5.73. The van der Waals surface area contributed by atoms with Crippen molar-refractivity contribution in [3.8, 4) is 0 Å². The molecule has 0 aliphatic carbocycles. The van der Waals surface area contributed by atoms with E-state index >= 15 is 0 Å². The number of rotatable bonds is 1. The highest BCUT2D eigenvalue weighted by atomic mass is 35.5. The average molecular weight is 241 g/mol. The number of anilines is 1. The molecule has 2 heterocycles. The third-order valence-electron chi connectivity index (χ3n) is 3.00. The third kappa shape index (κ3) is 1.79. The first kappa shape index (κ1) is 11.4. The smallest absolute Gasteiger partial charge is 0.108 e. The van der Waals surface area contributed by atoms with Crippen molar-refractivity contribution in [2.75, 3.05) is 12.3 Å². The lowest BCUT2D eigenvalue weighted by molar-refractivity contribution is 0.381. The molecule has 0 spiro atoms. The maximum atomic E-state index is 5.95. The van der Waals surface area contributed by atoms with E-state index in [2.05, 4.69) is 24.1 Å². The lowest BCUT2D eigenvalue weighted by Crippen LogP contribution is -2.42. The molecule has 5 heteroatoms. The fourth-order valence-electron chi connectivity index (χ4n) is 2.37. The molecule has 16 heavy (non-hydrogen) atoms. The van der Waals surface area contributed by atoms with Crippen molar-refractivity contribution in [2.24, 2.45) is 5.73 Å².